The first-order valence-corrected chi connectivity index (χ1v) is 4.80. The molecule has 0 bridgehead atoms. The van der Waals surface area contributed by atoms with E-state index in [-0.39, 0.29) is 0 Å². The number of rotatable bonds is 3. The average Bonchev–Trinajstić information content (AvgIpc) is 2.05. The van der Waals surface area contributed by atoms with Crippen LogP contribution >= 0.6 is 12.2 Å². The van der Waals surface area contributed by atoms with Gasteiger partial charge in [0, 0.05) is 6.54 Å². The summed E-state index contributed by atoms with van der Waals surface area (Å²) in [4.78, 5) is 0.885. The predicted molar refractivity (Wildman–Crippen MR) is 57.3 cm³/mol. The first kappa shape index (κ1) is 9.46. The standard InChI is InChI=1S/C10H15NS/c1-9(12)11-8-7-10-5-3-2-4-6-10/h3,5-6H,2,4,7-8H2,1H3,(H,11,12). The van der Waals surface area contributed by atoms with Crippen molar-refractivity contribution in [2.24, 2.45) is 0 Å². The molecular formula is C10H15NS. The Bertz CT molecular complexity index is 216. The molecule has 1 rings (SSSR count). The molecule has 2 heteroatoms. The van der Waals surface area contributed by atoms with Crippen molar-refractivity contribution in [3.63, 3.8) is 0 Å². The SMILES string of the molecule is CC(=S)NCCC1=CCCC=C1. The lowest BCUT2D eigenvalue weighted by Crippen LogP contribution is -2.19. The van der Waals surface area contributed by atoms with E-state index in [1.807, 2.05) is 6.92 Å². The first-order valence-electron chi connectivity index (χ1n) is 4.39. The van der Waals surface area contributed by atoms with E-state index in [1.165, 1.54) is 18.4 Å². The van der Waals surface area contributed by atoms with Gasteiger partial charge in [0.05, 0.1) is 4.99 Å². The predicted octanol–water partition coefficient (Wildman–Crippen LogP) is 2.59. The fraction of sp³-hybridized carbons (Fsp3) is 0.500. The molecule has 0 amide bonds. The van der Waals surface area contributed by atoms with Crippen LogP contribution in [0.4, 0.5) is 0 Å². The third-order valence-corrected chi connectivity index (χ3v) is 2.00. The van der Waals surface area contributed by atoms with Crippen LogP contribution in [0.15, 0.2) is 23.8 Å². The van der Waals surface area contributed by atoms with Gasteiger partial charge in [-0.05, 0) is 26.2 Å². The van der Waals surface area contributed by atoms with E-state index in [2.05, 4.69) is 23.5 Å². The molecule has 0 unspecified atom stereocenters. The molecule has 1 aliphatic carbocycles. The Morgan fingerprint density at radius 2 is 2.42 bits per heavy atom. The Balaban J connectivity index is 2.18. The molecule has 12 heavy (non-hydrogen) atoms. The summed E-state index contributed by atoms with van der Waals surface area (Å²) in [7, 11) is 0. The smallest absolute Gasteiger partial charge is 0.0722 e. The minimum Gasteiger partial charge on any atom is -0.380 e. The molecule has 1 N–H and O–H groups in total. The number of thiocarbonyl (C=S) groups is 1. The Morgan fingerprint density at radius 1 is 1.58 bits per heavy atom. The van der Waals surface area contributed by atoms with Gasteiger partial charge in [-0.25, -0.2) is 0 Å². The molecule has 1 aliphatic rings. The molecule has 0 aliphatic heterocycles. The van der Waals surface area contributed by atoms with Crippen LogP contribution in [0, 0.1) is 0 Å². The third kappa shape index (κ3) is 3.67. The molecule has 0 fully saturated rings. The van der Waals surface area contributed by atoms with Gasteiger partial charge in [-0.1, -0.05) is 36.0 Å². The summed E-state index contributed by atoms with van der Waals surface area (Å²) in [6.45, 7) is 2.88. The largest absolute Gasteiger partial charge is 0.380 e. The van der Waals surface area contributed by atoms with Gasteiger partial charge in [-0.3, -0.25) is 0 Å². The highest BCUT2D eigenvalue weighted by atomic mass is 32.1. The Kier molecular flexibility index (Phi) is 4.01. The normalized spacial score (nSPS) is 15.6. The Hall–Kier alpha value is -0.630. The number of hydrogen-bond donors (Lipinski definition) is 1. The van der Waals surface area contributed by atoms with Gasteiger partial charge < -0.3 is 5.32 Å². The quantitative estimate of drug-likeness (QED) is 0.672. The second-order valence-corrected chi connectivity index (χ2v) is 3.60. The van der Waals surface area contributed by atoms with E-state index in [9.17, 15) is 0 Å². The van der Waals surface area contributed by atoms with Gasteiger partial charge >= 0.3 is 0 Å². The lowest BCUT2D eigenvalue weighted by atomic mass is 10.0. The molecule has 1 nitrogen and oxygen atoms in total. The van der Waals surface area contributed by atoms with Crippen molar-refractivity contribution in [3.8, 4) is 0 Å². The van der Waals surface area contributed by atoms with Gasteiger partial charge in [0.25, 0.3) is 0 Å². The highest BCUT2D eigenvalue weighted by Gasteiger charge is 1.96. The van der Waals surface area contributed by atoms with Crippen molar-refractivity contribution < 1.29 is 0 Å². The maximum Gasteiger partial charge on any atom is 0.0722 e. The lowest BCUT2D eigenvalue weighted by molar-refractivity contribution is 0.858. The molecular weight excluding hydrogens is 166 g/mol. The summed E-state index contributed by atoms with van der Waals surface area (Å²) in [6.07, 6.45) is 10.2. The summed E-state index contributed by atoms with van der Waals surface area (Å²) in [6, 6.07) is 0. The van der Waals surface area contributed by atoms with Crippen molar-refractivity contribution >= 4 is 17.2 Å². The van der Waals surface area contributed by atoms with Crippen LogP contribution in [0.2, 0.25) is 0 Å². The van der Waals surface area contributed by atoms with Crippen LogP contribution in [0.1, 0.15) is 26.2 Å². The molecule has 0 aromatic heterocycles. The topological polar surface area (TPSA) is 12.0 Å². The summed E-state index contributed by atoms with van der Waals surface area (Å²) >= 11 is 4.91. The maximum atomic E-state index is 4.91. The van der Waals surface area contributed by atoms with Crippen LogP contribution in [0.3, 0.4) is 0 Å². The van der Waals surface area contributed by atoms with E-state index in [4.69, 9.17) is 12.2 Å². The van der Waals surface area contributed by atoms with Crippen LogP contribution in [0.25, 0.3) is 0 Å². The molecule has 0 radical (unpaired) electrons. The van der Waals surface area contributed by atoms with Crippen molar-refractivity contribution in [1.82, 2.24) is 5.32 Å². The molecule has 0 aromatic carbocycles. The minimum atomic E-state index is 0.885. The van der Waals surface area contributed by atoms with Crippen molar-refractivity contribution in [2.75, 3.05) is 6.54 Å². The fourth-order valence-corrected chi connectivity index (χ4v) is 1.34. The summed E-state index contributed by atoms with van der Waals surface area (Å²) in [5.41, 5.74) is 1.44. The van der Waals surface area contributed by atoms with E-state index in [0.717, 1.165) is 18.0 Å². The fourth-order valence-electron chi connectivity index (χ4n) is 1.24. The third-order valence-electron chi connectivity index (χ3n) is 1.86. The second-order valence-electron chi connectivity index (χ2n) is 2.99. The molecule has 0 saturated carbocycles. The molecule has 0 aromatic rings. The molecule has 0 spiro atoms. The van der Waals surface area contributed by atoms with Gasteiger partial charge in [0.15, 0.2) is 0 Å². The van der Waals surface area contributed by atoms with E-state index < -0.39 is 0 Å². The van der Waals surface area contributed by atoms with Gasteiger partial charge in [-0.2, -0.15) is 0 Å². The Labute approximate surface area is 79.5 Å². The van der Waals surface area contributed by atoms with Crippen LogP contribution < -0.4 is 5.32 Å². The number of hydrogen-bond acceptors (Lipinski definition) is 1. The van der Waals surface area contributed by atoms with Crippen molar-refractivity contribution in [1.29, 1.82) is 0 Å². The zero-order chi connectivity index (χ0) is 8.81. The monoisotopic (exact) mass is 181 g/mol. The number of nitrogens with one attached hydrogen (secondary N) is 1. The second kappa shape index (κ2) is 5.09. The van der Waals surface area contributed by atoms with Gasteiger partial charge in [0.2, 0.25) is 0 Å². The molecule has 0 atom stereocenters. The van der Waals surface area contributed by atoms with Crippen LogP contribution in [0.5, 0.6) is 0 Å². The van der Waals surface area contributed by atoms with Gasteiger partial charge in [-0.15, -0.1) is 0 Å². The van der Waals surface area contributed by atoms with Crippen molar-refractivity contribution in [2.45, 2.75) is 26.2 Å². The summed E-state index contributed by atoms with van der Waals surface area (Å²) < 4.78 is 0. The maximum absolute atomic E-state index is 4.91. The molecule has 66 valence electrons. The van der Waals surface area contributed by atoms with E-state index in [0.29, 0.717) is 0 Å². The Morgan fingerprint density at radius 3 is 3.00 bits per heavy atom. The van der Waals surface area contributed by atoms with Crippen molar-refractivity contribution in [3.05, 3.63) is 23.8 Å². The van der Waals surface area contributed by atoms with Crippen LogP contribution in [-0.4, -0.2) is 11.5 Å². The van der Waals surface area contributed by atoms with E-state index >= 15 is 0 Å². The highest BCUT2D eigenvalue weighted by Crippen LogP contribution is 2.11. The number of allylic oxidation sites excluding steroid dienone is 3. The molecule has 0 heterocycles. The zero-order valence-corrected chi connectivity index (χ0v) is 8.29. The van der Waals surface area contributed by atoms with Gasteiger partial charge in [0.1, 0.15) is 0 Å². The summed E-state index contributed by atoms with van der Waals surface area (Å²) in [5, 5.41) is 3.15. The zero-order valence-electron chi connectivity index (χ0n) is 7.47. The highest BCUT2D eigenvalue weighted by molar-refractivity contribution is 7.80. The van der Waals surface area contributed by atoms with Crippen LogP contribution in [-0.2, 0) is 0 Å². The molecule has 0 saturated heterocycles. The lowest BCUT2D eigenvalue weighted by Gasteiger charge is -2.07. The summed E-state index contributed by atoms with van der Waals surface area (Å²) in [5.74, 6) is 0. The van der Waals surface area contributed by atoms with E-state index in [1.54, 1.807) is 0 Å². The average molecular weight is 181 g/mol. The first-order chi connectivity index (χ1) is 5.79. The minimum absolute atomic E-state index is 0.885.